The van der Waals surface area contributed by atoms with E-state index in [9.17, 15) is 29.1 Å². The van der Waals surface area contributed by atoms with Crippen molar-refractivity contribution < 1.29 is 89.4 Å². The van der Waals surface area contributed by atoms with E-state index in [1.165, 1.54) is 4.90 Å². The molecule has 1 aromatic carbocycles. The number of carboxylic acid groups (broad SMARTS) is 5. The first-order valence-corrected chi connectivity index (χ1v) is 12.0. The van der Waals surface area contributed by atoms with Crippen LogP contribution in [-0.4, -0.2) is 128 Å². The molecular weight excluding hydrogens is 660 g/mol. The van der Waals surface area contributed by atoms with Crippen LogP contribution in [0.4, 0.5) is 0 Å². The second kappa shape index (κ2) is 17.5. The van der Waals surface area contributed by atoms with Gasteiger partial charge in [-0.1, -0.05) is 45.0 Å². The van der Waals surface area contributed by atoms with Gasteiger partial charge in [0.05, 0.1) is 26.2 Å². The zero-order valence-electron chi connectivity index (χ0n) is 22.2. The molecule has 0 fully saturated rings. The number of aliphatic carboxylic acids is 5. The summed E-state index contributed by atoms with van der Waals surface area (Å²) >= 11 is 0. The van der Waals surface area contributed by atoms with Gasteiger partial charge in [0.2, 0.25) is 0 Å². The Hall–Kier alpha value is -2.23. The van der Waals surface area contributed by atoms with Crippen molar-refractivity contribution >= 4 is 29.8 Å². The minimum atomic E-state index is -1.25. The minimum absolute atomic E-state index is 0. The third-order valence-electron chi connectivity index (χ3n) is 5.82. The van der Waals surface area contributed by atoms with E-state index >= 15 is 0 Å². The SMILES string of the molecule is CC(C)(C)c1ccc(CC(C(=O)O)N(CCN(CC(=O)O)CC(=O)O)CCN(CC(=O)O)CC(=O)O)cc1.[Gd]. The fraction of sp³-hybridized carbons (Fsp3) is 0.560. The van der Waals surface area contributed by atoms with E-state index in [1.54, 1.807) is 0 Å². The normalized spacial score (nSPS) is 12.3. The third kappa shape index (κ3) is 15.2. The molecule has 0 amide bonds. The molecule has 1 atom stereocenters. The Labute approximate surface area is 259 Å². The Morgan fingerprint density at radius 3 is 1.31 bits per heavy atom. The number of hydrogen-bond acceptors (Lipinski definition) is 8. The quantitative estimate of drug-likeness (QED) is 0.140. The molecule has 5 N–H and O–H groups in total. The molecule has 1 aromatic rings. The Kier molecular flexibility index (Phi) is 16.5. The topological polar surface area (TPSA) is 196 Å². The van der Waals surface area contributed by atoms with E-state index in [-0.39, 0.29) is 78.0 Å². The number of benzene rings is 1. The summed E-state index contributed by atoms with van der Waals surface area (Å²) in [5, 5.41) is 46.5. The molecule has 13 nitrogen and oxygen atoms in total. The summed E-state index contributed by atoms with van der Waals surface area (Å²) in [6.07, 6.45) is 0.0650. The molecule has 1 unspecified atom stereocenters. The second-order valence-corrected chi connectivity index (χ2v) is 10.0. The monoisotopic (exact) mass is 697 g/mol. The van der Waals surface area contributed by atoms with Crippen LogP contribution in [0, 0.1) is 39.9 Å². The van der Waals surface area contributed by atoms with Crippen LogP contribution < -0.4 is 0 Å². The summed E-state index contributed by atoms with van der Waals surface area (Å²) in [7, 11) is 0. The van der Waals surface area contributed by atoms with Crippen LogP contribution in [0.5, 0.6) is 0 Å². The Morgan fingerprint density at radius 1 is 0.667 bits per heavy atom. The second-order valence-electron chi connectivity index (χ2n) is 10.0. The molecule has 14 heteroatoms. The van der Waals surface area contributed by atoms with Crippen LogP contribution in [0.3, 0.4) is 0 Å². The molecule has 0 radical (unpaired) electrons. The largest absolute Gasteiger partial charge is 0.480 e. The van der Waals surface area contributed by atoms with Crippen molar-refractivity contribution in [3.8, 4) is 0 Å². The zero-order valence-corrected chi connectivity index (χ0v) is 24.5. The average Bonchev–Trinajstić information content (AvgIpc) is 2.75. The molecular formula is C25H37GdN3O10. The van der Waals surface area contributed by atoms with Crippen molar-refractivity contribution in [1.29, 1.82) is 0 Å². The first kappa shape index (κ1) is 36.8. The summed E-state index contributed by atoms with van der Waals surface area (Å²) in [5.41, 5.74) is 1.67. The van der Waals surface area contributed by atoms with Gasteiger partial charge in [0, 0.05) is 66.1 Å². The number of carbonyl (C=O) groups is 5. The molecule has 0 bridgehead atoms. The fourth-order valence-corrected chi connectivity index (χ4v) is 3.89. The van der Waals surface area contributed by atoms with Gasteiger partial charge in [-0.15, -0.1) is 0 Å². The molecule has 220 valence electrons. The Balaban J connectivity index is 0.0000144. The molecule has 0 heterocycles. The van der Waals surface area contributed by atoms with Crippen LogP contribution in [0.25, 0.3) is 0 Å². The van der Waals surface area contributed by atoms with Gasteiger partial charge in [-0.3, -0.25) is 38.7 Å². The van der Waals surface area contributed by atoms with Gasteiger partial charge in [-0.05, 0) is 23.0 Å². The van der Waals surface area contributed by atoms with Gasteiger partial charge in [0.15, 0.2) is 0 Å². The van der Waals surface area contributed by atoms with Crippen molar-refractivity contribution in [3.63, 3.8) is 0 Å². The molecule has 0 aliphatic carbocycles. The maximum atomic E-state index is 12.3. The van der Waals surface area contributed by atoms with E-state index < -0.39 is 62.1 Å². The first-order chi connectivity index (χ1) is 17.6. The summed E-state index contributed by atoms with van der Waals surface area (Å²) in [5.74, 6) is -6.18. The van der Waals surface area contributed by atoms with E-state index in [0.29, 0.717) is 0 Å². The van der Waals surface area contributed by atoms with Gasteiger partial charge < -0.3 is 25.5 Å². The van der Waals surface area contributed by atoms with Crippen LogP contribution >= 0.6 is 0 Å². The van der Waals surface area contributed by atoms with Crippen LogP contribution in [0.1, 0.15) is 31.9 Å². The molecule has 0 aliphatic heterocycles. The summed E-state index contributed by atoms with van der Waals surface area (Å²) in [6.45, 7) is 3.56. The average molecular weight is 697 g/mol. The van der Waals surface area contributed by atoms with Gasteiger partial charge in [-0.25, -0.2) is 0 Å². The van der Waals surface area contributed by atoms with E-state index in [2.05, 4.69) is 0 Å². The van der Waals surface area contributed by atoms with Gasteiger partial charge >= 0.3 is 29.8 Å². The van der Waals surface area contributed by atoms with E-state index in [1.807, 2.05) is 45.0 Å². The van der Waals surface area contributed by atoms with Crippen LogP contribution in [0.2, 0.25) is 0 Å². The first-order valence-electron chi connectivity index (χ1n) is 12.0. The molecule has 39 heavy (non-hydrogen) atoms. The Morgan fingerprint density at radius 2 is 1.03 bits per heavy atom. The molecule has 0 aliphatic rings. The van der Waals surface area contributed by atoms with Crippen molar-refractivity contribution in [1.82, 2.24) is 14.7 Å². The summed E-state index contributed by atoms with van der Waals surface area (Å²) < 4.78 is 0. The smallest absolute Gasteiger partial charge is 0.321 e. The zero-order chi connectivity index (χ0) is 29.0. The van der Waals surface area contributed by atoms with E-state index in [0.717, 1.165) is 20.9 Å². The molecule has 1 rings (SSSR count). The number of rotatable bonds is 18. The van der Waals surface area contributed by atoms with Crippen LogP contribution in [0.15, 0.2) is 24.3 Å². The van der Waals surface area contributed by atoms with Gasteiger partial charge in [0.1, 0.15) is 6.04 Å². The Bertz CT molecular complexity index is 909. The van der Waals surface area contributed by atoms with Crippen molar-refractivity contribution in [2.75, 3.05) is 52.4 Å². The predicted octanol–water partition coefficient (Wildman–Crippen LogP) is 0.224. The number of hydrogen-bond donors (Lipinski definition) is 5. The van der Waals surface area contributed by atoms with Crippen molar-refractivity contribution in [2.45, 2.75) is 38.6 Å². The van der Waals surface area contributed by atoms with Crippen molar-refractivity contribution in [3.05, 3.63) is 35.4 Å². The fourth-order valence-electron chi connectivity index (χ4n) is 3.89. The van der Waals surface area contributed by atoms with Crippen LogP contribution in [-0.2, 0) is 35.8 Å². The standard InChI is InChI=1S/C25H37N3O10.Gd/c1-25(2,3)18-6-4-17(5-7-18)12-19(24(37)38)28(10-8-26(13-20(29)30)14-21(31)32)11-9-27(15-22(33)34)16-23(35)36;/h4-7,19H,8-16H2,1-3H3,(H,29,30)(H,31,32)(H,33,34)(H,35,36)(H,37,38);. The maximum Gasteiger partial charge on any atom is 0.321 e. The van der Waals surface area contributed by atoms with E-state index in [4.69, 9.17) is 20.4 Å². The summed E-state index contributed by atoms with van der Waals surface area (Å²) in [4.78, 5) is 60.8. The predicted molar refractivity (Wildman–Crippen MR) is 135 cm³/mol. The third-order valence-corrected chi connectivity index (χ3v) is 5.82. The maximum absolute atomic E-state index is 12.3. The number of nitrogens with zero attached hydrogens (tertiary/aromatic N) is 3. The molecule has 0 saturated carbocycles. The van der Waals surface area contributed by atoms with Crippen molar-refractivity contribution in [2.24, 2.45) is 0 Å². The molecule has 0 saturated heterocycles. The molecule has 0 aromatic heterocycles. The molecule has 0 spiro atoms. The minimum Gasteiger partial charge on any atom is -0.480 e. The summed E-state index contributed by atoms with van der Waals surface area (Å²) in [6, 6.07) is 6.32. The number of carboxylic acids is 5. The van der Waals surface area contributed by atoms with Gasteiger partial charge in [-0.2, -0.15) is 0 Å². The van der Waals surface area contributed by atoms with Gasteiger partial charge in [0.25, 0.3) is 0 Å².